The molecule has 0 spiro atoms. The maximum atomic E-state index is 9.84. The van der Waals surface area contributed by atoms with Gasteiger partial charge >= 0.3 is 0 Å². The minimum atomic E-state index is -0.430. The highest BCUT2D eigenvalue weighted by molar-refractivity contribution is 5.13. The number of nitrogens with zero attached hydrogens (tertiary/aromatic N) is 1. The summed E-state index contributed by atoms with van der Waals surface area (Å²) in [7, 11) is 0. The lowest BCUT2D eigenvalue weighted by Gasteiger charge is -2.15. The second-order valence-corrected chi connectivity index (χ2v) is 5.76. The van der Waals surface area contributed by atoms with Crippen LogP contribution in [0.1, 0.15) is 24.8 Å². The average Bonchev–Trinajstić information content (AvgIpc) is 3.01. The van der Waals surface area contributed by atoms with E-state index in [-0.39, 0.29) is 0 Å². The van der Waals surface area contributed by atoms with E-state index in [0.717, 1.165) is 18.5 Å². The number of aliphatic hydroxyl groups is 1. The fourth-order valence-electron chi connectivity index (χ4n) is 2.65. The lowest BCUT2D eigenvalue weighted by atomic mass is 10.2. The minimum Gasteiger partial charge on any atom is -0.389 e. The maximum Gasteiger partial charge on any atom is 0.0897 e. The molecule has 1 fully saturated rings. The van der Waals surface area contributed by atoms with Crippen LogP contribution in [0.15, 0.2) is 30.3 Å². The molecule has 1 aliphatic heterocycles. The van der Waals surface area contributed by atoms with Crippen LogP contribution in [-0.4, -0.2) is 55.4 Å². The van der Waals surface area contributed by atoms with Crippen LogP contribution in [-0.2, 0) is 11.3 Å². The van der Waals surface area contributed by atoms with Gasteiger partial charge in [-0.15, -0.1) is 0 Å². The molecule has 4 nitrogen and oxygen atoms in total. The molecule has 2 rings (SSSR count). The number of nitrogens with one attached hydrogen (secondary N) is 1. The minimum absolute atomic E-state index is 0.383. The van der Waals surface area contributed by atoms with Crippen LogP contribution in [0, 0.1) is 0 Å². The summed E-state index contributed by atoms with van der Waals surface area (Å²) in [5, 5.41) is 13.1. The molecular weight excluding hydrogens is 264 g/mol. The molecular formula is C17H28N2O2. The van der Waals surface area contributed by atoms with Crippen LogP contribution in [0.3, 0.4) is 0 Å². The van der Waals surface area contributed by atoms with Crippen LogP contribution in [0.25, 0.3) is 0 Å². The van der Waals surface area contributed by atoms with Gasteiger partial charge in [0.05, 0.1) is 19.3 Å². The molecule has 4 heteroatoms. The summed E-state index contributed by atoms with van der Waals surface area (Å²) in [6.45, 7) is 6.21. The molecule has 0 aromatic heterocycles. The normalized spacial score (nSPS) is 17.2. The SMILES string of the molecule is OC(CNCCCN1CCCC1)COCc1ccccc1. The summed E-state index contributed by atoms with van der Waals surface area (Å²) < 4.78 is 5.52. The summed E-state index contributed by atoms with van der Waals surface area (Å²) in [5.41, 5.74) is 1.14. The first-order valence-electron chi connectivity index (χ1n) is 8.07. The number of likely N-dealkylation sites (tertiary alicyclic amines) is 1. The van der Waals surface area contributed by atoms with E-state index in [4.69, 9.17) is 4.74 Å². The van der Waals surface area contributed by atoms with E-state index in [1.807, 2.05) is 30.3 Å². The van der Waals surface area contributed by atoms with E-state index in [0.29, 0.717) is 19.8 Å². The molecule has 0 radical (unpaired) electrons. The third-order valence-corrected chi connectivity index (χ3v) is 3.83. The highest BCUT2D eigenvalue weighted by Gasteiger charge is 2.10. The zero-order chi connectivity index (χ0) is 14.8. The number of ether oxygens (including phenoxy) is 1. The fraction of sp³-hybridized carbons (Fsp3) is 0.647. The van der Waals surface area contributed by atoms with Crippen molar-refractivity contribution in [3.05, 3.63) is 35.9 Å². The van der Waals surface area contributed by atoms with E-state index in [1.165, 1.54) is 32.5 Å². The Kier molecular flexibility index (Phi) is 7.75. The smallest absolute Gasteiger partial charge is 0.0897 e. The third-order valence-electron chi connectivity index (χ3n) is 3.83. The third kappa shape index (κ3) is 7.05. The standard InChI is InChI=1S/C17H28N2O2/c20-17(15-21-14-16-7-2-1-3-8-16)13-18-9-6-12-19-10-4-5-11-19/h1-3,7-8,17-18,20H,4-6,9-15H2. The van der Waals surface area contributed by atoms with Gasteiger partial charge in [0, 0.05) is 6.54 Å². The molecule has 0 aliphatic carbocycles. The van der Waals surface area contributed by atoms with E-state index in [1.54, 1.807) is 0 Å². The molecule has 1 aliphatic rings. The van der Waals surface area contributed by atoms with Crippen molar-refractivity contribution in [3.63, 3.8) is 0 Å². The summed E-state index contributed by atoms with van der Waals surface area (Å²) in [6, 6.07) is 10.0. The van der Waals surface area contributed by atoms with E-state index < -0.39 is 6.10 Å². The molecule has 1 aromatic rings. The van der Waals surface area contributed by atoms with Gasteiger partial charge in [-0.2, -0.15) is 0 Å². The van der Waals surface area contributed by atoms with E-state index >= 15 is 0 Å². The number of rotatable bonds is 10. The molecule has 1 saturated heterocycles. The van der Waals surface area contributed by atoms with Crippen molar-refractivity contribution in [2.75, 3.05) is 39.3 Å². The van der Waals surface area contributed by atoms with Gasteiger partial charge in [-0.1, -0.05) is 30.3 Å². The summed E-state index contributed by atoms with van der Waals surface area (Å²) in [4.78, 5) is 2.51. The van der Waals surface area contributed by atoms with Gasteiger partial charge in [-0.05, 0) is 51.0 Å². The topological polar surface area (TPSA) is 44.7 Å². The average molecular weight is 292 g/mol. The summed E-state index contributed by atoms with van der Waals surface area (Å²) in [6.07, 6.45) is 3.42. The van der Waals surface area contributed by atoms with Gasteiger partial charge in [-0.3, -0.25) is 0 Å². The Balaban J connectivity index is 1.43. The van der Waals surface area contributed by atoms with Crippen molar-refractivity contribution in [2.45, 2.75) is 32.0 Å². The fourth-order valence-corrected chi connectivity index (χ4v) is 2.65. The van der Waals surface area contributed by atoms with Crippen LogP contribution >= 0.6 is 0 Å². The Labute approximate surface area is 128 Å². The molecule has 0 bridgehead atoms. The van der Waals surface area contributed by atoms with Crippen LogP contribution in [0.4, 0.5) is 0 Å². The summed E-state index contributed by atoms with van der Waals surface area (Å²) in [5.74, 6) is 0. The zero-order valence-electron chi connectivity index (χ0n) is 12.8. The Bertz CT molecular complexity index is 366. The van der Waals surface area contributed by atoms with Crippen molar-refractivity contribution in [1.29, 1.82) is 0 Å². The number of hydrogen-bond acceptors (Lipinski definition) is 4. The van der Waals surface area contributed by atoms with E-state index in [9.17, 15) is 5.11 Å². The van der Waals surface area contributed by atoms with Crippen molar-refractivity contribution in [3.8, 4) is 0 Å². The number of aliphatic hydroxyl groups excluding tert-OH is 1. The van der Waals surface area contributed by atoms with Gasteiger partial charge in [0.25, 0.3) is 0 Å². The van der Waals surface area contributed by atoms with Gasteiger partial charge in [0.15, 0.2) is 0 Å². The van der Waals surface area contributed by atoms with Crippen molar-refractivity contribution >= 4 is 0 Å². The van der Waals surface area contributed by atoms with Crippen LogP contribution in [0.5, 0.6) is 0 Å². The quantitative estimate of drug-likeness (QED) is 0.644. The van der Waals surface area contributed by atoms with Crippen molar-refractivity contribution < 1.29 is 9.84 Å². The first-order chi connectivity index (χ1) is 10.3. The molecule has 118 valence electrons. The molecule has 1 aromatic carbocycles. The Morgan fingerprint density at radius 2 is 1.95 bits per heavy atom. The molecule has 1 heterocycles. The highest BCUT2D eigenvalue weighted by atomic mass is 16.5. The van der Waals surface area contributed by atoms with E-state index in [2.05, 4.69) is 10.2 Å². The van der Waals surface area contributed by atoms with Gasteiger partial charge in [0.1, 0.15) is 0 Å². The monoisotopic (exact) mass is 292 g/mol. The first kappa shape index (κ1) is 16.4. The molecule has 2 N–H and O–H groups in total. The van der Waals surface area contributed by atoms with Gasteiger partial charge in [0.2, 0.25) is 0 Å². The Morgan fingerprint density at radius 1 is 1.19 bits per heavy atom. The largest absolute Gasteiger partial charge is 0.389 e. The molecule has 1 atom stereocenters. The Morgan fingerprint density at radius 3 is 2.71 bits per heavy atom. The first-order valence-corrected chi connectivity index (χ1v) is 8.07. The molecule has 0 saturated carbocycles. The lowest BCUT2D eigenvalue weighted by molar-refractivity contribution is 0.0289. The molecule has 0 amide bonds. The van der Waals surface area contributed by atoms with Crippen LogP contribution < -0.4 is 5.32 Å². The number of benzene rings is 1. The summed E-state index contributed by atoms with van der Waals surface area (Å²) >= 11 is 0. The predicted molar refractivity (Wildman–Crippen MR) is 85.3 cm³/mol. The lowest BCUT2D eigenvalue weighted by Crippen LogP contribution is -2.32. The molecule has 1 unspecified atom stereocenters. The van der Waals surface area contributed by atoms with Crippen LogP contribution in [0.2, 0.25) is 0 Å². The second kappa shape index (κ2) is 9.90. The predicted octanol–water partition coefficient (Wildman–Crippen LogP) is 1.64. The number of hydrogen-bond donors (Lipinski definition) is 2. The maximum absolute atomic E-state index is 9.84. The zero-order valence-corrected chi connectivity index (χ0v) is 12.8. The van der Waals surface area contributed by atoms with Gasteiger partial charge < -0.3 is 20.1 Å². The van der Waals surface area contributed by atoms with Crippen molar-refractivity contribution in [2.24, 2.45) is 0 Å². The Hall–Kier alpha value is -0.940. The van der Waals surface area contributed by atoms with Gasteiger partial charge in [-0.25, -0.2) is 0 Å². The highest BCUT2D eigenvalue weighted by Crippen LogP contribution is 2.06. The molecule has 21 heavy (non-hydrogen) atoms. The van der Waals surface area contributed by atoms with Crippen molar-refractivity contribution in [1.82, 2.24) is 10.2 Å². The second-order valence-electron chi connectivity index (χ2n) is 5.76.